The van der Waals surface area contributed by atoms with Gasteiger partial charge in [-0.2, -0.15) is 0 Å². The van der Waals surface area contributed by atoms with Crippen LogP contribution in [0.4, 0.5) is 4.39 Å². The van der Waals surface area contributed by atoms with E-state index in [0.29, 0.717) is 11.8 Å². The molecule has 2 heteroatoms. The highest BCUT2D eigenvalue weighted by Crippen LogP contribution is 2.38. The van der Waals surface area contributed by atoms with Crippen molar-refractivity contribution in [2.75, 3.05) is 6.61 Å². The van der Waals surface area contributed by atoms with Crippen molar-refractivity contribution in [3.63, 3.8) is 0 Å². The first-order valence-corrected chi connectivity index (χ1v) is 5.10. The number of fused-ring (bicyclic) bond motifs is 1. The second-order valence-electron chi connectivity index (χ2n) is 4.17. The summed E-state index contributed by atoms with van der Waals surface area (Å²) in [5.41, 5.74) is 1.03. The van der Waals surface area contributed by atoms with Crippen LogP contribution in [0.5, 0.6) is 5.75 Å². The first-order valence-electron chi connectivity index (χ1n) is 5.10. The number of rotatable bonds is 1. The van der Waals surface area contributed by atoms with Gasteiger partial charge in [-0.25, -0.2) is 4.39 Å². The lowest BCUT2D eigenvalue weighted by molar-refractivity contribution is 0.246. The minimum absolute atomic E-state index is 0.167. The Kier molecular flexibility index (Phi) is 2.44. The van der Waals surface area contributed by atoms with Gasteiger partial charge in [-0.1, -0.05) is 13.8 Å². The molecule has 1 heterocycles. The Morgan fingerprint density at radius 3 is 2.93 bits per heavy atom. The van der Waals surface area contributed by atoms with Gasteiger partial charge in [0.15, 0.2) is 0 Å². The lowest BCUT2D eigenvalue weighted by atomic mass is 9.84. The summed E-state index contributed by atoms with van der Waals surface area (Å²) in [6.07, 6.45) is 0.994. The van der Waals surface area contributed by atoms with Gasteiger partial charge < -0.3 is 4.74 Å². The van der Waals surface area contributed by atoms with Crippen LogP contribution >= 0.6 is 0 Å². The van der Waals surface area contributed by atoms with E-state index in [1.54, 1.807) is 12.1 Å². The molecular formula is C12H15FO. The molecule has 1 aliphatic heterocycles. The summed E-state index contributed by atoms with van der Waals surface area (Å²) in [5.74, 6) is 1.67. The monoisotopic (exact) mass is 194 g/mol. The molecule has 0 bridgehead atoms. The second kappa shape index (κ2) is 3.60. The molecule has 0 amide bonds. The highest BCUT2D eigenvalue weighted by Gasteiger charge is 2.24. The fourth-order valence-electron chi connectivity index (χ4n) is 2.08. The molecule has 1 nitrogen and oxygen atoms in total. The van der Waals surface area contributed by atoms with E-state index >= 15 is 0 Å². The van der Waals surface area contributed by atoms with E-state index in [-0.39, 0.29) is 5.82 Å². The van der Waals surface area contributed by atoms with E-state index in [2.05, 4.69) is 13.8 Å². The molecule has 1 aromatic carbocycles. The van der Waals surface area contributed by atoms with Crippen molar-refractivity contribution in [1.82, 2.24) is 0 Å². The first-order chi connectivity index (χ1) is 6.68. The maximum Gasteiger partial charge on any atom is 0.123 e. The summed E-state index contributed by atoms with van der Waals surface area (Å²) < 4.78 is 18.6. The SMILES string of the molecule is CC(C)[C@H]1CCOc2ccc(F)cc21. The number of ether oxygens (including phenoxy) is 1. The van der Waals surface area contributed by atoms with E-state index in [1.165, 1.54) is 6.07 Å². The first kappa shape index (κ1) is 9.50. The van der Waals surface area contributed by atoms with Crippen molar-refractivity contribution in [1.29, 1.82) is 0 Å². The van der Waals surface area contributed by atoms with E-state index in [9.17, 15) is 4.39 Å². The highest BCUT2D eigenvalue weighted by atomic mass is 19.1. The number of halogens is 1. The lowest BCUT2D eigenvalue weighted by Gasteiger charge is -2.28. The molecule has 0 saturated heterocycles. The predicted octanol–water partition coefficient (Wildman–Crippen LogP) is 3.35. The van der Waals surface area contributed by atoms with E-state index < -0.39 is 0 Å². The Bertz CT molecular complexity index is 333. The Hall–Kier alpha value is -1.05. The van der Waals surface area contributed by atoms with Gasteiger partial charge in [-0.15, -0.1) is 0 Å². The Balaban J connectivity index is 2.41. The Morgan fingerprint density at radius 1 is 1.43 bits per heavy atom. The summed E-state index contributed by atoms with van der Waals surface area (Å²) in [6, 6.07) is 4.81. The van der Waals surface area contributed by atoms with Crippen LogP contribution in [0.15, 0.2) is 18.2 Å². The molecular weight excluding hydrogens is 179 g/mol. The average molecular weight is 194 g/mol. The zero-order chi connectivity index (χ0) is 10.1. The van der Waals surface area contributed by atoms with Crippen molar-refractivity contribution < 1.29 is 9.13 Å². The predicted molar refractivity (Wildman–Crippen MR) is 54.1 cm³/mol. The minimum Gasteiger partial charge on any atom is -0.493 e. The van der Waals surface area contributed by atoms with Crippen LogP contribution in [0.2, 0.25) is 0 Å². The Labute approximate surface area is 83.9 Å². The third-order valence-corrected chi connectivity index (χ3v) is 2.86. The molecule has 0 saturated carbocycles. The van der Waals surface area contributed by atoms with Gasteiger partial charge in [0.25, 0.3) is 0 Å². The summed E-state index contributed by atoms with van der Waals surface area (Å²) >= 11 is 0. The lowest BCUT2D eigenvalue weighted by Crippen LogP contribution is -2.18. The van der Waals surface area contributed by atoms with Gasteiger partial charge in [-0.3, -0.25) is 0 Å². The van der Waals surface area contributed by atoms with Crippen molar-refractivity contribution in [3.8, 4) is 5.75 Å². The van der Waals surface area contributed by atoms with Crippen LogP contribution in [0.3, 0.4) is 0 Å². The van der Waals surface area contributed by atoms with Gasteiger partial charge >= 0.3 is 0 Å². The summed E-state index contributed by atoms with van der Waals surface area (Å²) in [4.78, 5) is 0. The molecule has 0 spiro atoms. The molecule has 0 aromatic heterocycles. The standard InChI is InChI=1S/C12H15FO/c1-8(2)10-5-6-14-12-4-3-9(13)7-11(10)12/h3-4,7-8,10H,5-6H2,1-2H3/t10-/m1/s1. The average Bonchev–Trinajstić information content (AvgIpc) is 2.16. The van der Waals surface area contributed by atoms with Gasteiger partial charge in [0.2, 0.25) is 0 Å². The maximum atomic E-state index is 13.1. The minimum atomic E-state index is -0.167. The van der Waals surface area contributed by atoms with Crippen LogP contribution in [0.25, 0.3) is 0 Å². The maximum absolute atomic E-state index is 13.1. The molecule has 1 aliphatic rings. The van der Waals surface area contributed by atoms with Gasteiger partial charge in [0.05, 0.1) is 6.61 Å². The van der Waals surface area contributed by atoms with Crippen LogP contribution in [-0.2, 0) is 0 Å². The molecule has 76 valence electrons. The van der Waals surface area contributed by atoms with Crippen molar-refractivity contribution >= 4 is 0 Å². The zero-order valence-electron chi connectivity index (χ0n) is 8.59. The molecule has 14 heavy (non-hydrogen) atoms. The number of hydrogen-bond acceptors (Lipinski definition) is 1. The molecule has 0 fully saturated rings. The quantitative estimate of drug-likeness (QED) is 0.666. The van der Waals surface area contributed by atoms with E-state index in [4.69, 9.17) is 4.74 Å². The van der Waals surface area contributed by atoms with Crippen molar-refractivity contribution in [2.24, 2.45) is 5.92 Å². The summed E-state index contributed by atoms with van der Waals surface area (Å²) in [7, 11) is 0. The summed E-state index contributed by atoms with van der Waals surface area (Å²) in [5, 5.41) is 0. The molecule has 0 aliphatic carbocycles. The molecule has 1 atom stereocenters. The van der Waals surface area contributed by atoms with Gasteiger partial charge in [-0.05, 0) is 36.5 Å². The fraction of sp³-hybridized carbons (Fsp3) is 0.500. The van der Waals surface area contributed by atoms with Gasteiger partial charge in [0, 0.05) is 5.56 Å². The van der Waals surface area contributed by atoms with Crippen molar-refractivity contribution in [3.05, 3.63) is 29.6 Å². The molecule has 0 N–H and O–H groups in total. The third-order valence-electron chi connectivity index (χ3n) is 2.86. The third kappa shape index (κ3) is 1.61. The summed E-state index contributed by atoms with van der Waals surface area (Å²) in [6.45, 7) is 5.09. The molecule has 0 unspecified atom stereocenters. The number of benzene rings is 1. The molecule has 2 rings (SSSR count). The largest absolute Gasteiger partial charge is 0.493 e. The van der Waals surface area contributed by atoms with Crippen LogP contribution in [0, 0.1) is 11.7 Å². The Morgan fingerprint density at radius 2 is 2.21 bits per heavy atom. The van der Waals surface area contributed by atoms with Crippen LogP contribution in [0.1, 0.15) is 31.7 Å². The normalized spacial score (nSPS) is 20.4. The molecule has 0 radical (unpaired) electrons. The fourth-order valence-corrected chi connectivity index (χ4v) is 2.08. The smallest absolute Gasteiger partial charge is 0.123 e. The van der Waals surface area contributed by atoms with E-state index in [0.717, 1.165) is 24.3 Å². The topological polar surface area (TPSA) is 9.23 Å². The van der Waals surface area contributed by atoms with Gasteiger partial charge in [0.1, 0.15) is 11.6 Å². The van der Waals surface area contributed by atoms with E-state index in [1.807, 2.05) is 0 Å². The van der Waals surface area contributed by atoms with Crippen LogP contribution in [-0.4, -0.2) is 6.61 Å². The highest BCUT2D eigenvalue weighted by molar-refractivity contribution is 5.38. The van der Waals surface area contributed by atoms with Crippen LogP contribution < -0.4 is 4.74 Å². The number of hydrogen-bond donors (Lipinski definition) is 0. The van der Waals surface area contributed by atoms with Crippen molar-refractivity contribution in [2.45, 2.75) is 26.2 Å². The zero-order valence-corrected chi connectivity index (χ0v) is 8.59. The second-order valence-corrected chi connectivity index (χ2v) is 4.17. The molecule has 1 aromatic rings.